The molecule has 1 fully saturated rings. The number of nitrogens with one attached hydrogen (secondary N) is 1. The van der Waals surface area contributed by atoms with Crippen molar-refractivity contribution >= 4 is 0 Å². The zero-order chi connectivity index (χ0) is 15.5. The lowest BCUT2D eigenvalue weighted by Crippen LogP contribution is -2.58. The first-order chi connectivity index (χ1) is 9.99. The molecule has 0 radical (unpaired) electrons. The van der Waals surface area contributed by atoms with Gasteiger partial charge in [0.05, 0.1) is 5.69 Å². The summed E-state index contributed by atoms with van der Waals surface area (Å²) in [7, 11) is 6.57. The normalized spacial score (nSPS) is 19.3. The van der Waals surface area contributed by atoms with E-state index in [1.807, 2.05) is 4.68 Å². The van der Waals surface area contributed by atoms with E-state index in [4.69, 9.17) is 0 Å². The standard InChI is InChI=1S/C17H32N4/c1-6-11-18-16(13-15-12-14(2)19-21(15)5)17(20(3)4)9-7-8-10-17/h12,16,18H,6-11,13H2,1-5H3. The summed E-state index contributed by atoms with van der Waals surface area (Å²) in [6, 6.07) is 2.74. The molecule has 0 aromatic carbocycles. The first kappa shape index (κ1) is 16.5. The fraction of sp³-hybridized carbons (Fsp3) is 0.824. The highest BCUT2D eigenvalue weighted by atomic mass is 15.3. The minimum atomic E-state index is 0.299. The molecule has 1 saturated carbocycles. The second-order valence-corrected chi connectivity index (χ2v) is 6.82. The van der Waals surface area contributed by atoms with Gasteiger partial charge in [-0.15, -0.1) is 0 Å². The van der Waals surface area contributed by atoms with Crippen LogP contribution >= 0.6 is 0 Å². The Kier molecular flexibility index (Phi) is 5.44. The molecule has 1 unspecified atom stereocenters. The lowest BCUT2D eigenvalue weighted by molar-refractivity contribution is 0.103. The molecule has 21 heavy (non-hydrogen) atoms. The van der Waals surface area contributed by atoms with Crippen LogP contribution in [0.4, 0.5) is 0 Å². The third-order valence-electron chi connectivity index (χ3n) is 5.16. The zero-order valence-corrected chi connectivity index (χ0v) is 14.4. The number of likely N-dealkylation sites (N-methyl/N-ethyl adjacent to an activating group) is 1. The van der Waals surface area contributed by atoms with Crippen molar-refractivity contribution in [1.82, 2.24) is 20.0 Å². The van der Waals surface area contributed by atoms with Crippen LogP contribution in [-0.2, 0) is 13.5 Å². The molecule has 1 aromatic rings. The first-order valence-electron chi connectivity index (χ1n) is 8.40. The third-order valence-corrected chi connectivity index (χ3v) is 5.16. The lowest BCUT2D eigenvalue weighted by Gasteiger charge is -2.44. The van der Waals surface area contributed by atoms with Crippen molar-refractivity contribution < 1.29 is 0 Å². The van der Waals surface area contributed by atoms with E-state index in [2.05, 4.69) is 56.4 Å². The largest absolute Gasteiger partial charge is 0.312 e. The van der Waals surface area contributed by atoms with Gasteiger partial charge in [-0.1, -0.05) is 19.8 Å². The quantitative estimate of drug-likeness (QED) is 0.838. The van der Waals surface area contributed by atoms with Crippen molar-refractivity contribution in [2.75, 3.05) is 20.6 Å². The number of rotatable bonds is 7. The number of hydrogen-bond donors (Lipinski definition) is 1. The van der Waals surface area contributed by atoms with Crippen LogP contribution in [0.25, 0.3) is 0 Å². The molecule has 4 heteroatoms. The minimum Gasteiger partial charge on any atom is -0.312 e. The van der Waals surface area contributed by atoms with Gasteiger partial charge in [-0.3, -0.25) is 4.68 Å². The molecule has 1 N–H and O–H groups in total. The SMILES string of the molecule is CCCNC(Cc1cc(C)nn1C)C1(N(C)C)CCCC1. The van der Waals surface area contributed by atoms with Gasteiger partial charge in [-0.2, -0.15) is 5.10 Å². The maximum atomic E-state index is 4.51. The predicted octanol–water partition coefficient (Wildman–Crippen LogP) is 2.51. The maximum absolute atomic E-state index is 4.51. The number of nitrogens with zero attached hydrogens (tertiary/aromatic N) is 3. The summed E-state index contributed by atoms with van der Waals surface area (Å²) >= 11 is 0. The van der Waals surface area contributed by atoms with E-state index in [1.54, 1.807) is 0 Å². The van der Waals surface area contributed by atoms with Gasteiger partial charge in [-0.05, 0) is 52.9 Å². The van der Waals surface area contributed by atoms with Gasteiger partial charge in [0.25, 0.3) is 0 Å². The number of aromatic nitrogens is 2. The molecule has 1 heterocycles. The average Bonchev–Trinajstić information content (AvgIpc) is 3.02. The predicted molar refractivity (Wildman–Crippen MR) is 88.6 cm³/mol. The summed E-state index contributed by atoms with van der Waals surface area (Å²) in [4.78, 5) is 2.47. The topological polar surface area (TPSA) is 33.1 Å². The molecule has 0 bridgehead atoms. The van der Waals surface area contributed by atoms with Crippen molar-refractivity contribution in [3.05, 3.63) is 17.5 Å². The summed E-state index contributed by atoms with van der Waals surface area (Å²) in [5.41, 5.74) is 2.76. The maximum Gasteiger partial charge on any atom is 0.0596 e. The highest BCUT2D eigenvalue weighted by Gasteiger charge is 2.43. The van der Waals surface area contributed by atoms with Crippen molar-refractivity contribution in [2.45, 2.75) is 64.0 Å². The highest BCUT2D eigenvalue weighted by Crippen LogP contribution is 2.37. The highest BCUT2D eigenvalue weighted by molar-refractivity contribution is 5.14. The molecule has 1 atom stereocenters. The molecule has 0 aliphatic heterocycles. The van der Waals surface area contributed by atoms with Gasteiger partial charge in [0, 0.05) is 30.7 Å². The van der Waals surface area contributed by atoms with Crippen molar-refractivity contribution in [2.24, 2.45) is 7.05 Å². The molecule has 0 amide bonds. The molecule has 2 rings (SSSR count). The van der Waals surface area contributed by atoms with Crippen LogP contribution in [0.15, 0.2) is 6.07 Å². The van der Waals surface area contributed by atoms with Crippen molar-refractivity contribution in [1.29, 1.82) is 0 Å². The molecule has 1 aliphatic carbocycles. The fourth-order valence-corrected chi connectivity index (χ4v) is 3.93. The monoisotopic (exact) mass is 292 g/mol. The van der Waals surface area contributed by atoms with Gasteiger partial charge in [0.15, 0.2) is 0 Å². The fourth-order valence-electron chi connectivity index (χ4n) is 3.93. The van der Waals surface area contributed by atoms with Gasteiger partial charge in [-0.25, -0.2) is 0 Å². The molecule has 0 saturated heterocycles. The average molecular weight is 292 g/mol. The third kappa shape index (κ3) is 3.49. The summed E-state index contributed by atoms with van der Waals surface area (Å²) in [6.07, 6.45) is 7.57. The molecule has 0 spiro atoms. The number of hydrogen-bond acceptors (Lipinski definition) is 3. The van der Waals surface area contributed by atoms with Crippen LogP contribution in [0.5, 0.6) is 0 Å². The summed E-state index contributed by atoms with van der Waals surface area (Å²) < 4.78 is 2.05. The Morgan fingerprint density at radius 3 is 2.52 bits per heavy atom. The number of aryl methyl sites for hydroxylation is 2. The van der Waals surface area contributed by atoms with E-state index >= 15 is 0 Å². The second-order valence-electron chi connectivity index (χ2n) is 6.82. The summed E-state index contributed by atoms with van der Waals surface area (Å²) in [5, 5.41) is 8.35. The van der Waals surface area contributed by atoms with Gasteiger partial charge in [0.2, 0.25) is 0 Å². The van der Waals surface area contributed by atoms with E-state index in [-0.39, 0.29) is 0 Å². The van der Waals surface area contributed by atoms with Crippen LogP contribution < -0.4 is 5.32 Å². The van der Waals surface area contributed by atoms with Crippen LogP contribution in [0.3, 0.4) is 0 Å². The van der Waals surface area contributed by atoms with Crippen LogP contribution in [0.2, 0.25) is 0 Å². The Morgan fingerprint density at radius 1 is 1.38 bits per heavy atom. The van der Waals surface area contributed by atoms with E-state index in [9.17, 15) is 0 Å². The van der Waals surface area contributed by atoms with Crippen LogP contribution in [0, 0.1) is 6.92 Å². The van der Waals surface area contributed by atoms with Crippen LogP contribution in [-0.4, -0.2) is 46.9 Å². The Labute approximate surface area is 129 Å². The summed E-state index contributed by atoms with van der Waals surface area (Å²) in [6.45, 7) is 5.42. The molecule has 1 aromatic heterocycles. The smallest absolute Gasteiger partial charge is 0.0596 e. The molecular weight excluding hydrogens is 260 g/mol. The van der Waals surface area contributed by atoms with Gasteiger partial charge in [0.1, 0.15) is 0 Å². The Hall–Kier alpha value is -0.870. The van der Waals surface area contributed by atoms with E-state index in [0.717, 1.165) is 18.7 Å². The Bertz CT molecular complexity index is 444. The lowest BCUT2D eigenvalue weighted by atomic mass is 9.83. The second kappa shape index (κ2) is 6.93. The van der Waals surface area contributed by atoms with Crippen molar-refractivity contribution in [3.8, 4) is 0 Å². The van der Waals surface area contributed by atoms with E-state index < -0.39 is 0 Å². The zero-order valence-electron chi connectivity index (χ0n) is 14.4. The Morgan fingerprint density at radius 2 is 2.05 bits per heavy atom. The van der Waals surface area contributed by atoms with E-state index in [1.165, 1.54) is 37.8 Å². The molecular formula is C17H32N4. The molecule has 120 valence electrons. The minimum absolute atomic E-state index is 0.299. The van der Waals surface area contributed by atoms with E-state index in [0.29, 0.717) is 11.6 Å². The summed E-state index contributed by atoms with van der Waals surface area (Å²) in [5.74, 6) is 0. The van der Waals surface area contributed by atoms with Gasteiger partial charge < -0.3 is 10.2 Å². The molecule has 1 aliphatic rings. The van der Waals surface area contributed by atoms with Crippen LogP contribution in [0.1, 0.15) is 50.4 Å². The molecule has 4 nitrogen and oxygen atoms in total. The van der Waals surface area contributed by atoms with Crippen molar-refractivity contribution in [3.63, 3.8) is 0 Å². The Balaban J connectivity index is 2.22. The van der Waals surface area contributed by atoms with Gasteiger partial charge >= 0.3 is 0 Å². The first-order valence-corrected chi connectivity index (χ1v) is 8.40.